The number of hydrogen-bond donors (Lipinski definition) is 0. The van der Waals surface area contributed by atoms with E-state index < -0.39 is 5.97 Å². The van der Waals surface area contributed by atoms with Crippen molar-refractivity contribution in [1.29, 1.82) is 0 Å². The van der Waals surface area contributed by atoms with Gasteiger partial charge in [-0.3, -0.25) is 4.57 Å². The molecule has 2 heterocycles. The van der Waals surface area contributed by atoms with E-state index in [0.29, 0.717) is 45.0 Å². The lowest BCUT2D eigenvalue weighted by Crippen LogP contribution is -2.28. The zero-order chi connectivity index (χ0) is 27.5. The standard InChI is InChI=1S/C28H22Cl3N5O3/c1-39-27(37)19-5-2-4-17(12-19)15-35-26(18-8-10-20(29)11-9-18)34-36(28(35)38)16-22-13-21(32-33-22)14-23-24(30)6-3-7-25(23)31/h2-12H,13-16H2,1H3. The summed E-state index contributed by atoms with van der Waals surface area (Å²) in [6.07, 6.45) is 0.930. The normalized spacial score (nSPS) is 12.8. The fourth-order valence-corrected chi connectivity index (χ4v) is 4.96. The predicted octanol–water partition coefficient (Wildman–Crippen LogP) is 5.95. The highest BCUT2D eigenvalue weighted by Gasteiger charge is 2.21. The zero-order valence-electron chi connectivity index (χ0n) is 20.8. The minimum Gasteiger partial charge on any atom is -0.465 e. The molecule has 11 heteroatoms. The van der Waals surface area contributed by atoms with Crippen LogP contribution in [0.4, 0.5) is 0 Å². The van der Waals surface area contributed by atoms with Gasteiger partial charge in [0.25, 0.3) is 0 Å². The third-order valence-electron chi connectivity index (χ3n) is 6.23. The van der Waals surface area contributed by atoms with Gasteiger partial charge in [-0.05, 0) is 59.7 Å². The Morgan fingerprint density at radius 3 is 2.33 bits per heavy atom. The minimum absolute atomic E-state index is 0.165. The van der Waals surface area contributed by atoms with Crippen molar-refractivity contribution in [3.8, 4) is 11.4 Å². The number of esters is 1. The van der Waals surface area contributed by atoms with Crippen LogP contribution in [0.25, 0.3) is 11.4 Å². The van der Waals surface area contributed by atoms with Crippen molar-refractivity contribution in [2.45, 2.75) is 25.9 Å². The highest BCUT2D eigenvalue weighted by Crippen LogP contribution is 2.26. The highest BCUT2D eigenvalue weighted by atomic mass is 35.5. The van der Waals surface area contributed by atoms with Crippen molar-refractivity contribution in [3.63, 3.8) is 0 Å². The number of carbonyl (C=O) groups excluding carboxylic acids is 1. The molecule has 0 atom stereocenters. The second-order valence-corrected chi connectivity index (χ2v) is 10.2. The fraction of sp³-hybridized carbons (Fsp3) is 0.179. The highest BCUT2D eigenvalue weighted by molar-refractivity contribution is 6.36. The van der Waals surface area contributed by atoms with Crippen LogP contribution in [-0.4, -0.2) is 38.9 Å². The average Bonchev–Trinajstić information content (AvgIpc) is 3.50. The van der Waals surface area contributed by atoms with Gasteiger partial charge in [0.1, 0.15) is 0 Å². The fourth-order valence-electron chi connectivity index (χ4n) is 4.31. The lowest BCUT2D eigenvalue weighted by molar-refractivity contribution is 0.0600. The SMILES string of the molecule is COC(=O)c1cccc(Cn2c(-c3ccc(Cl)cc3)nn(CC3=NN=C(Cc4c(Cl)cccc4Cl)C3)c2=O)c1. The van der Waals surface area contributed by atoms with E-state index in [1.807, 2.05) is 6.07 Å². The van der Waals surface area contributed by atoms with E-state index in [4.69, 9.17) is 39.5 Å². The molecule has 0 radical (unpaired) electrons. The lowest BCUT2D eigenvalue weighted by Gasteiger charge is -2.07. The molecule has 0 fully saturated rings. The molecule has 8 nitrogen and oxygen atoms in total. The first-order valence-electron chi connectivity index (χ1n) is 12.0. The molecule has 0 aliphatic carbocycles. The van der Waals surface area contributed by atoms with Crippen LogP contribution in [0, 0.1) is 0 Å². The third-order valence-corrected chi connectivity index (χ3v) is 7.19. The Kier molecular flexibility index (Phi) is 7.97. The van der Waals surface area contributed by atoms with Crippen molar-refractivity contribution in [2.24, 2.45) is 10.2 Å². The molecule has 3 aromatic carbocycles. The number of methoxy groups -OCH3 is 1. The molecule has 0 bridgehead atoms. The minimum atomic E-state index is -0.453. The summed E-state index contributed by atoms with van der Waals surface area (Å²) in [7, 11) is 1.33. The molecule has 4 aromatic rings. The van der Waals surface area contributed by atoms with Gasteiger partial charge in [0, 0.05) is 33.5 Å². The first kappa shape index (κ1) is 26.9. The Hall–Kier alpha value is -3.72. The van der Waals surface area contributed by atoms with Crippen LogP contribution in [0.2, 0.25) is 15.1 Å². The van der Waals surface area contributed by atoms with Gasteiger partial charge < -0.3 is 4.74 Å². The number of hydrogen-bond acceptors (Lipinski definition) is 6. The maximum atomic E-state index is 13.6. The molecule has 1 aromatic heterocycles. The summed E-state index contributed by atoms with van der Waals surface area (Å²) < 4.78 is 7.76. The molecule has 0 N–H and O–H groups in total. The Morgan fingerprint density at radius 2 is 1.62 bits per heavy atom. The van der Waals surface area contributed by atoms with E-state index in [0.717, 1.165) is 22.4 Å². The number of nitrogens with zero attached hydrogens (tertiary/aromatic N) is 5. The second-order valence-electron chi connectivity index (χ2n) is 8.94. The number of ether oxygens (including phenoxy) is 1. The third kappa shape index (κ3) is 5.98. The van der Waals surface area contributed by atoms with Gasteiger partial charge in [0.2, 0.25) is 0 Å². The summed E-state index contributed by atoms with van der Waals surface area (Å²) >= 11 is 18.7. The molecule has 0 unspecified atom stereocenters. The van der Waals surface area contributed by atoms with Crippen LogP contribution in [0.1, 0.15) is 27.9 Å². The topological polar surface area (TPSA) is 90.8 Å². The van der Waals surface area contributed by atoms with E-state index in [9.17, 15) is 9.59 Å². The summed E-state index contributed by atoms with van der Waals surface area (Å²) in [5.74, 6) is 0.00803. The van der Waals surface area contributed by atoms with E-state index in [2.05, 4.69) is 15.3 Å². The van der Waals surface area contributed by atoms with Gasteiger partial charge in [-0.15, -0.1) is 5.10 Å². The summed E-state index contributed by atoms with van der Waals surface area (Å²) in [6, 6.07) is 19.4. The maximum Gasteiger partial charge on any atom is 0.346 e. The summed E-state index contributed by atoms with van der Waals surface area (Å²) in [6.45, 7) is 0.360. The van der Waals surface area contributed by atoms with Gasteiger partial charge in [0.05, 0.1) is 37.2 Å². The monoisotopic (exact) mass is 581 g/mol. The smallest absolute Gasteiger partial charge is 0.346 e. The number of carbonyl (C=O) groups is 1. The van der Waals surface area contributed by atoms with Gasteiger partial charge >= 0.3 is 11.7 Å². The number of halogens is 3. The molecule has 0 saturated carbocycles. The van der Waals surface area contributed by atoms with Crippen LogP contribution in [0.15, 0.2) is 81.7 Å². The Labute approximate surface area is 239 Å². The molecule has 1 aliphatic heterocycles. The van der Waals surface area contributed by atoms with Crippen molar-refractivity contribution in [2.75, 3.05) is 7.11 Å². The van der Waals surface area contributed by atoms with Crippen LogP contribution in [0.3, 0.4) is 0 Å². The summed E-state index contributed by atoms with van der Waals surface area (Å²) in [5.41, 5.74) is 3.81. The summed E-state index contributed by atoms with van der Waals surface area (Å²) in [5, 5.41) is 14.9. The molecule has 0 amide bonds. The second kappa shape index (κ2) is 11.6. The van der Waals surface area contributed by atoms with Gasteiger partial charge in [-0.25, -0.2) is 14.3 Å². The van der Waals surface area contributed by atoms with Crippen molar-refractivity contribution in [1.82, 2.24) is 14.3 Å². The van der Waals surface area contributed by atoms with Crippen molar-refractivity contribution < 1.29 is 9.53 Å². The van der Waals surface area contributed by atoms with E-state index in [1.54, 1.807) is 65.2 Å². The van der Waals surface area contributed by atoms with E-state index >= 15 is 0 Å². The number of aromatic nitrogens is 3. The molecule has 1 aliphatic rings. The molecule has 5 rings (SSSR count). The van der Waals surface area contributed by atoms with Gasteiger partial charge in [0.15, 0.2) is 5.82 Å². The molecule has 198 valence electrons. The Morgan fingerprint density at radius 1 is 0.923 bits per heavy atom. The Bertz CT molecular complexity index is 1650. The lowest BCUT2D eigenvalue weighted by atomic mass is 10.0. The first-order chi connectivity index (χ1) is 18.8. The van der Waals surface area contributed by atoms with Crippen LogP contribution >= 0.6 is 34.8 Å². The van der Waals surface area contributed by atoms with Gasteiger partial charge in [-0.1, -0.05) is 53.0 Å². The zero-order valence-corrected chi connectivity index (χ0v) is 23.0. The average molecular weight is 583 g/mol. The molecular weight excluding hydrogens is 561 g/mol. The largest absolute Gasteiger partial charge is 0.465 e. The number of rotatable bonds is 8. The van der Waals surface area contributed by atoms with Crippen LogP contribution < -0.4 is 5.69 Å². The molecule has 0 saturated heterocycles. The van der Waals surface area contributed by atoms with Crippen molar-refractivity contribution in [3.05, 3.63) is 109 Å². The van der Waals surface area contributed by atoms with E-state index in [1.165, 1.54) is 11.8 Å². The van der Waals surface area contributed by atoms with E-state index in [-0.39, 0.29) is 18.8 Å². The van der Waals surface area contributed by atoms with Crippen LogP contribution in [0.5, 0.6) is 0 Å². The molecular formula is C28H22Cl3N5O3. The number of benzene rings is 3. The molecule has 39 heavy (non-hydrogen) atoms. The summed E-state index contributed by atoms with van der Waals surface area (Å²) in [4.78, 5) is 25.6. The maximum absolute atomic E-state index is 13.6. The predicted molar refractivity (Wildman–Crippen MR) is 153 cm³/mol. The van der Waals surface area contributed by atoms with Crippen LogP contribution in [-0.2, 0) is 24.2 Å². The van der Waals surface area contributed by atoms with Gasteiger partial charge in [-0.2, -0.15) is 10.2 Å². The molecule has 0 spiro atoms. The van der Waals surface area contributed by atoms with Crippen molar-refractivity contribution >= 4 is 52.2 Å². The quantitative estimate of drug-likeness (QED) is 0.240. The first-order valence-corrected chi connectivity index (χ1v) is 13.1. The Balaban J connectivity index is 1.41.